The van der Waals surface area contributed by atoms with Crippen molar-refractivity contribution in [2.45, 2.75) is 26.4 Å². The van der Waals surface area contributed by atoms with Crippen molar-refractivity contribution in [3.05, 3.63) is 21.9 Å². The third-order valence-electron chi connectivity index (χ3n) is 3.05. The Bertz CT molecular complexity index is 455. The van der Waals surface area contributed by atoms with Gasteiger partial charge in [-0.15, -0.1) is 11.3 Å². The van der Waals surface area contributed by atoms with Crippen molar-refractivity contribution in [3.8, 4) is 0 Å². The molecule has 1 unspecified atom stereocenters. The summed E-state index contributed by atoms with van der Waals surface area (Å²) >= 11 is 1.27. The molecule has 2 heterocycles. The van der Waals surface area contributed by atoms with E-state index in [2.05, 4.69) is 6.92 Å². The lowest BCUT2D eigenvalue weighted by Crippen LogP contribution is -2.45. The van der Waals surface area contributed by atoms with Crippen LogP contribution in [0, 0.1) is 0 Å². The summed E-state index contributed by atoms with van der Waals surface area (Å²) in [7, 11) is 0. The molecule has 1 fully saturated rings. The van der Waals surface area contributed by atoms with Crippen LogP contribution in [0.25, 0.3) is 0 Å². The standard InChI is InChI=1S/C13H17NO3S/c1-3-10-8-14(6-7-17-10)13(16)12-5-4-11(18-12)9(2)15/h4-5,10H,3,6-8H2,1-2H3. The summed E-state index contributed by atoms with van der Waals surface area (Å²) in [5.74, 6) is 0.0155. The maximum Gasteiger partial charge on any atom is 0.264 e. The monoisotopic (exact) mass is 267 g/mol. The van der Waals surface area contributed by atoms with Crippen molar-refractivity contribution >= 4 is 23.0 Å². The quantitative estimate of drug-likeness (QED) is 0.789. The number of ketones is 1. The van der Waals surface area contributed by atoms with Crippen LogP contribution in [0.4, 0.5) is 0 Å². The molecule has 5 heteroatoms. The fraction of sp³-hybridized carbons (Fsp3) is 0.538. The molecule has 1 atom stereocenters. The van der Waals surface area contributed by atoms with Crippen molar-refractivity contribution in [3.63, 3.8) is 0 Å². The van der Waals surface area contributed by atoms with Gasteiger partial charge in [-0.1, -0.05) is 6.92 Å². The Morgan fingerprint density at radius 1 is 1.44 bits per heavy atom. The number of hydrogen-bond donors (Lipinski definition) is 0. The second kappa shape index (κ2) is 5.63. The SMILES string of the molecule is CCC1CN(C(=O)c2ccc(C(C)=O)s2)CCO1. The minimum absolute atomic E-state index is 0.00691. The van der Waals surface area contributed by atoms with E-state index < -0.39 is 0 Å². The van der Waals surface area contributed by atoms with Gasteiger partial charge in [0.25, 0.3) is 5.91 Å². The van der Waals surface area contributed by atoms with E-state index in [0.29, 0.717) is 29.5 Å². The number of rotatable bonds is 3. The zero-order chi connectivity index (χ0) is 13.1. The molecular weight excluding hydrogens is 250 g/mol. The lowest BCUT2D eigenvalue weighted by molar-refractivity contribution is -0.0224. The maximum atomic E-state index is 12.3. The van der Waals surface area contributed by atoms with Gasteiger partial charge < -0.3 is 9.64 Å². The van der Waals surface area contributed by atoms with Crippen LogP contribution in [0.3, 0.4) is 0 Å². The molecule has 0 saturated carbocycles. The lowest BCUT2D eigenvalue weighted by atomic mass is 10.2. The van der Waals surface area contributed by atoms with E-state index in [1.165, 1.54) is 18.3 Å². The third kappa shape index (κ3) is 2.79. The Labute approximate surface area is 111 Å². The minimum Gasteiger partial charge on any atom is -0.375 e. The third-order valence-corrected chi connectivity index (χ3v) is 4.22. The molecule has 0 N–H and O–H groups in total. The Kier molecular flexibility index (Phi) is 4.14. The van der Waals surface area contributed by atoms with Gasteiger partial charge in [-0.25, -0.2) is 0 Å². The van der Waals surface area contributed by atoms with Crippen LogP contribution < -0.4 is 0 Å². The molecule has 0 radical (unpaired) electrons. The van der Waals surface area contributed by atoms with E-state index >= 15 is 0 Å². The topological polar surface area (TPSA) is 46.6 Å². The number of carbonyl (C=O) groups is 2. The summed E-state index contributed by atoms with van der Waals surface area (Å²) in [5.41, 5.74) is 0. The average Bonchev–Trinajstić information content (AvgIpc) is 2.87. The van der Waals surface area contributed by atoms with Crippen molar-refractivity contribution in [2.24, 2.45) is 0 Å². The first-order valence-corrected chi connectivity index (χ1v) is 6.95. The molecule has 0 bridgehead atoms. The molecule has 98 valence electrons. The van der Waals surface area contributed by atoms with Crippen LogP contribution >= 0.6 is 11.3 Å². The van der Waals surface area contributed by atoms with E-state index in [9.17, 15) is 9.59 Å². The molecule has 4 nitrogen and oxygen atoms in total. The number of ether oxygens (including phenoxy) is 1. The van der Waals surface area contributed by atoms with Crippen LogP contribution in [0.2, 0.25) is 0 Å². The van der Waals surface area contributed by atoms with Crippen LogP contribution in [0.1, 0.15) is 39.6 Å². The van der Waals surface area contributed by atoms with Crippen LogP contribution in [-0.2, 0) is 4.74 Å². The largest absolute Gasteiger partial charge is 0.375 e. The molecule has 0 aliphatic carbocycles. The zero-order valence-electron chi connectivity index (χ0n) is 10.6. The predicted octanol–water partition coefficient (Wildman–Crippen LogP) is 2.20. The second-order valence-corrected chi connectivity index (χ2v) is 5.46. The Hall–Kier alpha value is -1.20. The number of amides is 1. The van der Waals surface area contributed by atoms with Crippen LogP contribution in [0.5, 0.6) is 0 Å². The normalized spacial score (nSPS) is 19.9. The van der Waals surface area contributed by atoms with Crippen molar-refractivity contribution < 1.29 is 14.3 Å². The van der Waals surface area contributed by atoms with E-state index in [4.69, 9.17) is 4.74 Å². The van der Waals surface area contributed by atoms with Crippen molar-refractivity contribution in [1.29, 1.82) is 0 Å². The molecule has 1 aromatic heterocycles. The number of carbonyl (C=O) groups excluding carboxylic acids is 2. The van der Waals surface area contributed by atoms with Gasteiger partial charge >= 0.3 is 0 Å². The summed E-state index contributed by atoms with van der Waals surface area (Å²) in [6.45, 7) is 5.43. The summed E-state index contributed by atoms with van der Waals surface area (Å²) in [5, 5.41) is 0. The first-order valence-electron chi connectivity index (χ1n) is 6.13. The summed E-state index contributed by atoms with van der Waals surface area (Å²) < 4.78 is 5.54. The minimum atomic E-state index is 0.00691. The van der Waals surface area contributed by atoms with E-state index in [-0.39, 0.29) is 17.8 Å². The molecule has 1 amide bonds. The fourth-order valence-corrected chi connectivity index (χ4v) is 2.82. The van der Waals surface area contributed by atoms with E-state index in [1.54, 1.807) is 12.1 Å². The number of hydrogen-bond acceptors (Lipinski definition) is 4. The number of Topliss-reactive ketones (excluding diaryl/α,β-unsaturated/α-hetero) is 1. The van der Waals surface area contributed by atoms with Gasteiger partial charge in [0.1, 0.15) is 0 Å². The highest BCUT2D eigenvalue weighted by atomic mass is 32.1. The Morgan fingerprint density at radius 3 is 2.78 bits per heavy atom. The van der Waals surface area contributed by atoms with Gasteiger partial charge in [-0.05, 0) is 25.5 Å². The van der Waals surface area contributed by atoms with Gasteiger partial charge in [-0.3, -0.25) is 9.59 Å². The van der Waals surface area contributed by atoms with Gasteiger partial charge in [-0.2, -0.15) is 0 Å². The van der Waals surface area contributed by atoms with Crippen LogP contribution in [0.15, 0.2) is 12.1 Å². The maximum absolute atomic E-state index is 12.3. The predicted molar refractivity (Wildman–Crippen MR) is 70.3 cm³/mol. The van der Waals surface area contributed by atoms with Gasteiger partial charge in [0.05, 0.1) is 22.5 Å². The fourth-order valence-electron chi connectivity index (χ4n) is 1.95. The van der Waals surface area contributed by atoms with Gasteiger partial charge in [0.2, 0.25) is 0 Å². The zero-order valence-corrected chi connectivity index (χ0v) is 11.5. The summed E-state index contributed by atoms with van der Waals surface area (Å²) in [6.07, 6.45) is 1.04. The first-order chi connectivity index (χ1) is 8.61. The highest BCUT2D eigenvalue weighted by Crippen LogP contribution is 2.20. The molecule has 0 aromatic carbocycles. The molecule has 18 heavy (non-hydrogen) atoms. The average molecular weight is 267 g/mol. The van der Waals surface area contributed by atoms with Crippen LogP contribution in [-0.4, -0.2) is 42.4 Å². The lowest BCUT2D eigenvalue weighted by Gasteiger charge is -2.32. The highest BCUT2D eigenvalue weighted by molar-refractivity contribution is 7.15. The molecule has 1 aliphatic heterocycles. The van der Waals surface area contributed by atoms with Crippen molar-refractivity contribution in [2.75, 3.05) is 19.7 Å². The first kappa shape index (κ1) is 13.2. The van der Waals surface area contributed by atoms with Gasteiger partial charge in [0, 0.05) is 13.1 Å². The number of morpholine rings is 1. The molecular formula is C13H17NO3S. The van der Waals surface area contributed by atoms with Gasteiger partial charge in [0.15, 0.2) is 5.78 Å². The molecule has 1 saturated heterocycles. The molecule has 1 aliphatic rings. The molecule has 2 rings (SSSR count). The second-order valence-electron chi connectivity index (χ2n) is 4.37. The number of nitrogens with zero attached hydrogens (tertiary/aromatic N) is 1. The Morgan fingerprint density at radius 2 is 2.17 bits per heavy atom. The highest BCUT2D eigenvalue weighted by Gasteiger charge is 2.25. The molecule has 0 spiro atoms. The Balaban J connectivity index is 2.07. The van der Waals surface area contributed by atoms with E-state index in [1.807, 2.05) is 4.90 Å². The van der Waals surface area contributed by atoms with E-state index in [0.717, 1.165) is 6.42 Å². The number of thiophene rings is 1. The summed E-state index contributed by atoms with van der Waals surface area (Å²) in [4.78, 5) is 26.6. The molecule has 1 aromatic rings. The summed E-state index contributed by atoms with van der Waals surface area (Å²) in [6, 6.07) is 3.46. The smallest absolute Gasteiger partial charge is 0.264 e. The van der Waals surface area contributed by atoms with Crippen molar-refractivity contribution in [1.82, 2.24) is 4.90 Å².